The van der Waals surface area contributed by atoms with Crippen LogP contribution in [-0.4, -0.2) is 55.5 Å². The van der Waals surface area contributed by atoms with E-state index in [2.05, 4.69) is 0 Å². The number of sulfonamides is 1. The van der Waals surface area contributed by atoms with Crippen molar-refractivity contribution in [3.63, 3.8) is 0 Å². The second-order valence-corrected chi connectivity index (χ2v) is 11.0. The van der Waals surface area contributed by atoms with E-state index < -0.39 is 21.8 Å². The number of alkyl halides is 3. The van der Waals surface area contributed by atoms with Gasteiger partial charge in [0.25, 0.3) is 0 Å². The minimum atomic E-state index is -4.55. The van der Waals surface area contributed by atoms with Gasteiger partial charge >= 0.3 is 6.18 Å². The zero-order valence-corrected chi connectivity index (χ0v) is 19.2. The molecule has 0 N–H and O–H groups in total. The molecule has 11 heteroatoms. The van der Waals surface area contributed by atoms with Crippen LogP contribution in [0.4, 0.5) is 13.2 Å². The number of piperazine rings is 1. The molecule has 2 aromatic rings. The molecule has 0 saturated carbocycles. The molecule has 0 bridgehead atoms. The lowest BCUT2D eigenvalue weighted by Crippen LogP contribution is -2.50. The van der Waals surface area contributed by atoms with Crippen LogP contribution in [-0.2, 0) is 21.0 Å². The van der Waals surface area contributed by atoms with Crippen LogP contribution in [0.15, 0.2) is 35.2 Å². The summed E-state index contributed by atoms with van der Waals surface area (Å²) in [5.41, 5.74) is -0.290. The average Bonchev–Trinajstić information content (AvgIpc) is 3.09. The molecule has 2 heterocycles. The van der Waals surface area contributed by atoms with E-state index in [0.29, 0.717) is 5.56 Å². The molecule has 0 radical (unpaired) electrons. The molecule has 174 valence electrons. The first-order valence-electron chi connectivity index (χ1n) is 9.95. The smallest absolute Gasteiger partial charge is 0.340 e. The van der Waals surface area contributed by atoms with Gasteiger partial charge in [0.2, 0.25) is 15.9 Å². The van der Waals surface area contributed by atoms with E-state index in [4.69, 9.17) is 0 Å². The average molecular weight is 489 g/mol. The third-order valence-corrected chi connectivity index (χ3v) is 8.20. The van der Waals surface area contributed by atoms with Crippen LogP contribution in [0.2, 0.25) is 0 Å². The Labute approximate surface area is 188 Å². The van der Waals surface area contributed by atoms with E-state index in [1.54, 1.807) is 0 Å². The number of nitrogens with zero attached hydrogens (tertiary/aromatic N) is 2. The number of hydrogen-bond acceptors (Lipinski definition) is 5. The second kappa shape index (κ2) is 9.32. The minimum Gasteiger partial charge on any atom is -0.340 e. The number of ketones is 1. The molecule has 6 nitrogen and oxygen atoms in total. The predicted molar refractivity (Wildman–Crippen MR) is 114 cm³/mol. The van der Waals surface area contributed by atoms with Crippen molar-refractivity contribution in [2.75, 3.05) is 26.2 Å². The van der Waals surface area contributed by atoms with Crippen LogP contribution in [0, 0.1) is 13.8 Å². The summed E-state index contributed by atoms with van der Waals surface area (Å²) in [6.07, 6.45) is -4.42. The number of amides is 1. The van der Waals surface area contributed by atoms with Crippen molar-refractivity contribution in [1.82, 2.24) is 9.21 Å². The summed E-state index contributed by atoms with van der Waals surface area (Å²) < 4.78 is 64.7. The highest BCUT2D eigenvalue weighted by molar-refractivity contribution is 7.89. The highest BCUT2D eigenvalue weighted by Gasteiger charge is 2.33. The van der Waals surface area contributed by atoms with Gasteiger partial charge in [-0.2, -0.15) is 17.5 Å². The van der Waals surface area contributed by atoms with Gasteiger partial charge in [-0.3, -0.25) is 9.59 Å². The first-order valence-corrected chi connectivity index (χ1v) is 12.2. The Balaban J connectivity index is 1.55. The molecule has 0 spiro atoms. The number of thiophene rings is 1. The summed E-state index contributed by atoms with van der Waals surface area (Å²) >= 11 is 1.53. The van der Waals surface area contributed by atoms with Gasteiger partial charge < -0.3 is 4.90 Å². The van der Waals surface area contributed by atoms with E-state index in [-0.39, 0.29) is 55.6 Å². The van der Waals surface area contributed by atoms with Gasteiger partial charge in [-0.1, -0.05) is 0 Å². The van der Waals surface area contributed by atoms with E-state index in [1.807, 2.05) is 19.9 Å². The van der Waals surface area contributed by atoms with Crippen LogP contribution in [0.5, 0.6) is 0 Å². The summed E-state index contributed by atoms with van der Waals surface area (Å²) in [6, 6.07) is 5.17. The molecule has 3 rings (SSSR count). The maximum absolute atomic E-state index is 12.7. The van der Waals surface area contributed by atoms with Crippen molar-refractivity contribution in [2.45, 2.75) is 37.8 Å². The third kappa shape index (κ3) is 5.38. The summed E-state index contributed by atoms with van der Waals surface area (Å²) in [4.78, 5) is 28.1. The Hall–Kier alpha value is -2.24. The number of hydrogen-bond donors (Lipinski definition) is 0. The number of carbonyl (C=O) groups is 2. The van der Waals surface area contributed by atoms with Crippen molar-refractivity contribution in [1.29, 1.82) is 0 Å². The summed E-state index contributed by atoms with van der Waals surface area (Å²) in [5, 5.41) is 0. The van der Waals surface area contributed by atoms with Gasteiger partial charge in [-0.15, -0.1) is 11.3 Å². The Morgan fingerprint density at radius 3 is 2.09 bits per heavy atom. The molecule has 0 unspecified atom stereocenters. The van der Waals surface area contributed by atoms with Crippen molar-refractivity contribution in [3.8, 4) is 0 Å². The Morgan fingerprint density at radius 1 is 1.00 bits per heavy atom. The molecule has 1 amide bonds. The molecule has 1 saturated heterocycles. The molecule has 32 heavy (non-hydrogen) atoms. The van der Waals surface area contributed by atoms with Crippen molar-refractivity contribution in [2.24, 2.45) is 0 Å². The predicted octanol–water partition coefficient (Wildman–Crippen LogP) is 3.88. The van der Waals surface area contributed by atoms with Gasteiger partial charge in [-0.25, -0.2) is 8.42 Å². The van der Waals surface area contributed by atoms with Gasteiger partial charge in [0.15, 0.2) is 5.78 Å². The summed E-state index contributed by atoms with van der Waals surface area (Å²) in [6.45, 7) is 4.16. The fourth-order valence-corrected chi connectivity index (χ4v) is 5.93. The number of benzene rings is 1. The molecule has 1 aromatic heterocycles. The minimum absolute atomic E-state index is 0.0336. The normalized spacial score (nSPS) is 15.7. The fourth-order valence-electron chi connectivity index (χ4n) is 3.56. The maximum Gasteiger partial charge on any atom is 0.416 e. The SMILES string of the molecule is Cc1cc(C(=O)CCC(=O)N2CCN(S(=O)(=O)c3ccc(C(F)(F)F)cc3)CC2)c(C)s1. The number of rotatable bonds is 6. The molecular formula is C21H23F3N2O4S2. The quantitative estimate of drug-likeness (QED) is 0.579. The zero-order valence-electron chi connectivity index (χ0n) is 17.6. The summed E-state index contributed by atoms with van der Waals surface area (Å²) in [5.74, 6) is -0.321. The van der Waals surface area contributed by atoms with Crippen LogP contribution < -0.4 is 0 Å². The van der Waals surface area contributed by atoms with Crippen LogP contribution in [0.1, 0.15) is 38.5 Å². The van der Waals surface area contributed by atoms with Crippen LogP contribution >= 0.6 is 11.3 Å². The lowest BCUT2D eigenvalue weighted by molar-refractivity contribution is -0.137. The molecule has 0 aliphatic carbocycles. The molecule has 0 atom stereocenters. The monoisotopic (exact) mass is 488 g/mol. The second-order valence-electron chi connectivity index (χ2n) is 7.56. The van der Waals surface area contributed by atoms with Crippen molar-refractivity contribution >= 4 is 33.1 Å². The van der Waals surface area contributed by atoms with Crippen molar-refractivity contribution in [3.05, 3.63) is 51.2 Å². The van der Waals surface area contributed by atoms with E-state index >= 15 is 0 Å². The zero-order chi connectivity index (χ0) is 23.7. The van der Waals surface area contributed by atoms with Gasteiger partial charge in [0, 0.05) is 54.3 Å². The largest absolute Gasteiger partial charge is 0.416 e. The number of Topliss-reactive ketones (excluding diaryl/α,β-unsaturated/α-hetero) is 1. The van der Waals surface area contributed by atoms with Crippen LogP contribution in [0.3, 0.4) is 0 Å². The molecular weight excluding hydrogens is 465 g/mol. The lowest BCUT2D eigenvalue weighted by Gasteiger charge is -2.34. The first-order chi connectivity index (χ1) is 14.9. The van der Waals surface area contributed by atoms with Crippen molar-refractivity contribution < 1.29 is 31.2 Å². The molecule has 1 aliphatic heterocycles. The van der Waals surface area contributed by atoms with E-state index in [0.717, 1.165) is 38.3 Å². The standard InChI is InChI=1S/C21H23F3N2O4S2/c1-14-13-18(15(2)31-14)19(27)7-8-20(28)25-9-11-26(12-10-25)32(29,30)17-5-3-16(4-6-17)21(22,23)24/h3-6,13H,7-12H2,1-2H3. The van der Waals surface area contributed by atoms with Gasteiger partial charge in [-0.05, 0) is 44.2 Å². The highest BCUT2D eigenvalue weighted by Crippen LogP contribution is 2.30. The number of carbonyl (C=O) groups excluding carboxylic acids is 2. The molecule has 1 aliphatic rings. The Bertz CT molecular complexity index is 1100. The van der Waals surface area contributed by atoms with E-state index in [9.17, 15) is 31.2 Å². The first kappa shape index (κ1) is 24.4. The number of halogens is 3. The van der Waals surface area contributed by atoms with Gasteiger partial charge in [0.1, 0.15) is 0 Å². The molecule has 1 aromatic carbocycles. The highest BCUT2D eigenvalue weighted by atomic mass is 32.2. The lowest BCUT2D eigenvalue weighted by atomic mass is 10.1. The fraction of sp³-hybridized carbons (Fsp3) is 0.429. The number of aryl methyl sites for hydroxylation is 2. The maximum atomic E-state index is 12.7. The Morgan fingerprint density at radius 2 is 1.59 bits per heavy atom. The molecule has 1 fully saturated rings. The van der Waals surface area contributed by atoms with Crippen LogP contribution in [0.25, 0.3) is 0 Å². The topological polar surface area (TPSA) is 74.8 Å². The summed E-state index contributed by atoms with van der Waals surface area (Å²) in [7, 11) is -3.96. The Kier molecular flexibility index (Phi) is 7.11. The van der Waals surface area contributed by atoms with Gasteiger partial charge in [0.05, 0.1) is 10.5 Å². The van der Waals surface area contributed by atoms with E-state index in [1.165, 1.54) is 16.2 Å². The third-order valence-electron chi connectivity index (χ3n) is 5.32.